The summed E-state index contributed by atoms with van der Waals surface area (Å²) in [6.07, 6.45) is 2.46. The van der Waals surface area contributed by atoms with Gasteiger partial charge in [-0.05, 0) is 53.0 Å². The summed E-state index contributed by atoms with van der Waals surface area (Å²) in [4.78, 5) is 0. The van der Waals surface area contributed by atoms with Gasteiger partial charge in [-0.15, -0.1) is 0 Å². The van der Waals surface area contributed by atoms with E-state index in [1.165, 1.54) is 34.8 Å². The Balaban J connectivity index is 1.81. The van der Waals surface area contributed by atoms with Crippen LogP contribution < -0.4 is 11.1 Å². The van der Waals surface area contributed by atoms with Gasteiger partial charge in [-0.1, -0.05) is 63.5 Å². The molecule has 1 radical (unpaired) electrons. The lowest BCUT2D eigenvalue weighted by atomic mass is 9.63. The molecule has 2 heteroatoms. The number of hydrogen-bond donors (Lipinski definition) is 0. The summed E-state index contributed by atoms with van der Waals surface area (Å²) < 4.78 is 6.14. The highest BCUT2D eigenvalue weighted by atomic mass is 16.3. The van der Waals surface area contributed by atoms with Crippen LogP contribution in [0.3, 0.4) is 0 Å². The molecule has 2 aromatic carbocycles. The van der Waals surface area contributed by atoms with Gasteiger partial charge in [-0.25, -0.2) is 0 Å². The summed E-state index contributed by atoms with van der Waals surface area (Å²) in [6.45, 7) is 9.44. The van der Waals surface area contributed by atoms with Gasteiger partial charge in [0.05, 0.1) is 5.66 Å². The SMILES string of the molecule is CC1(C)CCC(C)(C)c2cc3oc([B]c4ccccc4)cc3cc21. The van der Waals surface area contributed by atoms with E-state index in [2.05, 4.69) is 77.4 Å². The molecule has 0 bridgehead atoms. The van der Waals surface area contributed by atoms with E-state index in [-0.39, 0.29) is 10.8 Å². The fourth-order valence-corrected chi connectivity index (χ4v) is 3.91. The first-order valence-electron chi connectivity index (χ1n) is 8.84. The Labute approximate surface area is 145 Å². The predicted molar refractivity (Wildman–Crippen MR) is 103 cm³/mol. The Hall–Kier alpha value is -1.96. The average Bonchev–Trinajstić information content (AvgIpc) is 2.93. The van der Waals surface area contributed by atoms with Crippen molar-refractivity contribution < 1.29 is 4.42 Å². The molecule has 24 heavy (non-hydrogen) atoms. The summed E-state index contributed by atoms with van der Waals surface area (Å²) in [7, 11) is 2.11. The zero-order chi connectivity index (χ0) is 16.9. The highest BCUT2D eigenvalue weighted by Crippen LogP contribution is 2.46. The topological polar surface area (TPSA) is 13.1 Å². The third-order valence-electron chi connectivity index (χ3n) is 5.62. The summed E-state index contributed by atoms with van der Waals surface area (Å²) in [5.74, 6) is 0. The molecule has 0 amide bonds. The van der Waals surface area contributed by atoms with Crippen LogP contribution in [0, 0.1) is 0 Å². The molecular weight excluding hydrogens is 291 g/mol. The molecule has 0 N–H and O–H groups in total. The van der Waals surface area contributed by atoms with Crippen LogP contribution in [0.25, 0.3) is 11.0 Å². The van der Waals surface area contributed by atoms with Gasteiger partial charge in [0.15, 0.2) is 0 Å². The van der Waals surface area contributed by atoms with Crippen LogP contribution in [0.2, 0.25) is 0 Å². The Bertz CT molecular complexity index is 834. The van der Waals surface area contributed by atoms with Crippen LogP contribution in [-0.4, -0.2) is 7.28 Å². The first kappa shape index (κ1) is 15.6. The number of hydrogen-bond acceptors (Lipinski definition) is 1. The summed E-state index contributed by atoms with van der Waals surface area (Å²) in [6, 6.07) is 17.2. The molecule has 0 aliphatic heterocycles. The van der Waals surface area contributed by atoms with E-state index in [0.717, 1.165) is 11.2 Å². The minimum Gasteiger partial charge on any atom is -0.472 e. The zero-order valence-corrected chi connectivity index (χ0v) is 15.0. The summed E-state index contributed by atoms with van der Waals surface area (Å²) in [5, 5.41) is 1.21. The van der Waals surface area contributed by atoms with E-state index < -0.39 is 0 Å². The molecule has 0 fully saturated rings. The first-order valence-corrected chi connectivity index (χ1v) is 8.84. The maximum absolute atomic E-state index is 6.14. The maximum atomic E-state index is 6.14. The van der Waals surface area contributed by atoms with E-state index in [4.69, 9.17) is 4.42 Å². The van der Waals surface area contributed by atoms with Crippen molar-refractivity contribution in [1.82, 2.24) is 0 Å². The van der Waals surface area contributed by atoms with Crippen LogP contribution in [0.15, 0.2) is 52.9 Å². The lowest BCUT2D eigenvalue weighted by Gasteiger charge is -2.41. The Morgan fingerprint density at radius 3 is 2.12 bits per heavy atom. The smallest absolute Gasteiger partial charge is 0.240 e. The average molecular weight is 315 g/mol. The number of rotatable bonds is 2. The number of fused-ring (bicyclic) bond motifs is 2. The van der Waals surface area contributed by atoms with Crippen LogP contribution in [0.4, 0.5) is 0 Å². The van der Waals surface area contributed by atoms with Gasteiger partial charge >= 0.3 is 0 Å². The molecule has 1 heterocycles. The van der Waals surface area contributed by atoms with E-state index in [0.29, 0.717) is 0 Å². The van der Waals surface area contributed by atoms with Crippen LogP contribution in [-0.2, 0) is 10.8 Å². The van der Waals surface area contributed by atoms with Gasteiger partial charge < -0.3 is 4.42 Å². The quantitative estimate of drug-likeness (QED) is 0.637. The van der Waals surface area contributed by atoms with Crippen LogP contribution >= 0.6 is 0 Å². The fraction of sp³-hybridized carbons (Fsp3) is 0.364. The molecule has 121 valence electrons. The van der Waals surface area contributed by atoms with E-state index in [1.807, 2.05) is 6.07 Å². The molecule has 1 nitrogen and oxygen atoms in total. The largest absolute Gasteiger partial charge is 0.472 e. The minimum absolute atomic E-state index is 0.217. The second-order valence-corrected chi connectivity index (χ2v) is 8.41. The van der Waals surface area contributed by atoms with Crippen molar-refractivity contribution in [3.8, 4) is 0 Å². The second kappa shape index (κ2) is 5.27. The van der Waals surface area contributed by atoms with E-state index in [1.54, 1.807) is 0 Å². The molecule has 1 aliphatic carbocycles. The Morgan fingerprint density at radius 2 is 1.46 bits per heavy atom. The van der Waals surface area contributed by atoms with E-state index >= 15 is 0 Å². The van der Waals surface area contributed by atoms with Crippen molar-refractivity contribution >= 4 is 29.4 Å². The highest BCUT2D eigenvalue weighted by Gasteiger charge is 2.37. The van der Waals surface area contributed by atoms with Crippen molar-refractivity contribution in [3.05, 3.63) is 59.7 Å². The molecule has 3 aromatic rings. The van der Waals surface area contributed by atoms with Crippen molar-refractivity contribution in [2.45, 2.75) is 51.4 Å². The molecule has 0 saturated carbocycles. The molecule has 1 aromatic heterocycles. The van der Waals surface area contributed by atoms with Gasteiger partial charge in [0.25, 0.3) is 0 Å². The minimum atomic E-state index is 0.217. The van der Waals surface area contributed by atoms with Crippen LogP contribution in [0.5, 0.6) is 0 Å². The van der Waals surface area contributed by atoms with Gasteiger partial charge in [0, 0.05) is 5.39 Å². The first-order chi connectivity index (χ1) is 11.4. The Kier molecular flexibility index (Phi) is 3.42. The van der Waals surface area contributed by atoms with E-state index in [9.17, 15) is 0 Å². The van der Waals surface area contributed by atoms with Gasteiger partial charge in [-0.2, -0.15) is 0 Å². The van der Waals surface area contributed by atoms with Crippen molar-refractivity contribution in [3.63, 3.8) is 0 Å². The van der Waals surface area contributed by atoms with Gasteiger partial charge in [0.2, 0.25) is 7.28 Å². The fourth-order valence-electron chi connectivity index (χ4n) is 3.91. The summed E-state index contributed by atoms with van der Waals surface area (Å²) in [5.41, 5.74) is 6.48. The predicted octanol–water partition coefficient (Wildman–Crippen LogP) is 4.44. The third-order valence-corrected chi connectivity index (χ3v) is 5.62. The number of benzene rings is 2. The lowest BCUT2D eigenvalue weighted by Crippen LogP contribution is -2.33. The standard InChI is InChI=1S/C22H24BO/c1-21(2)10-11-22(3,4)18-14-19-15(12-17(18)21)13-20(24-19)23-16-8-6-5-7-9-16/h5-9,12-14H,10-11H2,1-4H3. The zero-order valence-electron chi connectivity index (χ0n) is 15.0. The molecule has 0 atom stereocenters. The Morgan fingerprint density at radius 1 is 0.833 bits per heavy atom. The highest BCUT2D eigenvalue weighted by molar-refractivity contribution is 6.66. The van der Waals surface area contributed by atoms with Gasteiger partial charge in [-0.3, -0.25) is 0 Å². The second-order valence-electron chi connectivity index (χ2n) is 8.41. The number of furan rings is 1. The van der Waals surface area contributed by atoms with Crippen molar-refractivity contribution in [1.29, 1.82) is 0 Å². The molecule has 4 rings (SSSR count). The lowest BCUT2D eigenvalue weighted by molar-refractivity contribution is 0.332. The molecule has 0 spiro atoms. The molecule has 1 aliphatic rings. The molecule has 0 unspecified atom stereocenters. The summed E-state index contributed by atoms with van der Waals surface area (Å²) >= 11 is 0. The van der Waals surface area contributed by atoms with Gasteiger partial charge in [0.1, 0.15) is 5.58 Å². The van der Waals surface area contributed by atoms with Crippen molar-refractivity contribution in [2.75, 3.05) is 0 Å². The maximum Gasteiger partial charge on any atom is 0.240 e. The normalized spacial score (nSPS) is 18.3. The third kappa shape index (κ3) is 2.58. The molecule has 0 saturated heterocycles. The monoisotopic (exact) mass is 315 g/mol. The van der Waals surface area contributed by atoms with Crippen molar-refractivity contribution in [2.24, 2.45) is 0 Å². The molecular formula is C22H24BO. The van der Waals surface area contributed by atoms with Crippen LogP contribution in [0.1, 0.15) is 51.7 Å².